The Labute approximate surface area is 113 Å². The highest BCUT2D eigenvalue weighted by atomic mass is 79.9. The van der Waals surface area contributed by atoms with Gasteiger partial charge in [-0.1, -0.05) is 11.6 Å². The monoisotopic (exact) mass is 314 g/mol. The lowest BCUT2D eigenvalue weighted by molar-refractivity contribution is 0.711. The summed E-state index contributed by atoms with van der Waals surface area (Å²) in [7, 11) is 1.94. The summed E-state index contributed by atoms with van der Waals surface area (Å²) in [6, 6.07) is 3.83. The molecule has 0 amide bonds. The molecule has 0 spiro atoms. The van der Waals surface area contributed by atoms with Gasteiger partial charge < -0.3 is 5.32 Å². The maximum absolute atomic E-state index is 5.82. The molecule has 0 bridgehead atoms. The Morgan fingerprint density at radius 1 is 1.53 bits per heavy atom. The summed E-state index contributed by atoms with van der Waals surface area (Å²) < 4.78 is 2.74. The van der Waals surface area contributed by atoms with E-state index in [1.165, 1.54) is 5.69 Å². The molecule has 0 unspecified atom stereocenters. The van der Waals surface area contributed by atoms with Crippen molar-refractivity contribution in [3.8, 4) is 0 Å². The Morgan fingerprint density at radius 3 is 3.00 bits per heavy atom. The van der Waals surface area contributed by atoms with Crippen LogP contribution in [0.4, 0.5) is 5.82 Å². The summed E-state index contributed by atoms with van der Waals surface area (Å²) in [5.74, 6) is 0.802. The van der Waals surface area contributed by atoms with Crippen molar-refractivity contribution in [2.75, 3.05) is 11.9 Å². The quantitative estimate of drug-likeness (QED) is 0.943. The summed E-state index contributed by atoms with van der Waals surface area (Å²) >= 11 is 9.23. The summed E-state index contributed by atoms with van der Waals surface area (Å²) in [4.78, 5) is 4.21. The third kappa shape index (κ3) is 3.20. The first kappa shape index (κ1) is 12.4. The van der Waals surface area contributed by atoms with E-state index < -0.39 is 0 Å². The summed E-state index contributed by atoms with van der Waals surface area (Å²) in [6.07, 6.45) is 4.32. The summed E-state index contributed by atoms with van der Waals surface area (Å²) in [6.45, 7) is 0.798. The molecule has 0 saturated carbocycles. The second-order valence-corrected chi connectivity index (χ2v) is 4.90. The van der Waals surface area contributed by atoms with Gasteiger partial charge in [0.2, 0.25) is 0 Å². The normalized spacial score (nSPS) is 10.5. The molecule has 0 aliphatic heterocycles. The molecule has 0 aromatic carbocycles. The van der Waals surface area contributed by atoms with Crippen LogP contribution in [-0.4, -0.2) is 21.3 Å². The van der Waals surface area contributed by atoms with Crippen LogP contribution in [0.15, 0.2) is 29.0 Å². The number of anilines is 1. The van der Waals surface area contributed by atoms with Crippen LogP contribution >= 0.6 is 27.5 Å². The average Bonchev–Trinajstić information content (AvgIpc) is 2.68. The number of aryl methyl sites for hydroxylation is 1. The minimum atomic E-state index is 0.619. The largest absolute Gasteiger partial charge is 0.369 e. The summed E-state index contributed by atoms with van der Waals surface area (Å²) in [5.41, 5.74) is 1.18. The number of nitrogens with zero attached hydrogens (tertiary/aromatic N) is 3. The van der Waals surface area contributed by atoms with E-state index in [1.807, 2.05) is 23.9 Å². The predicted molar refractivity (Wildman–Crippen MR) is 72.3 cm³/mol. The fraction of sp³-hybridized carbons (Fsp3) is 0.273. The van der Waals surface area contributed by atoms with Gasteiger partial charge in [-0.05, 0) is 28.1 Å². The minimum absolute atomic E-state index is 0.619. The van der Waals surface area contributed by atoms with E-state index in [4.69, 9.17) is 11.6 Å². The standard InChI is InChI=1S/C11H12BrClN4/c1-17-9(3-5-16-17)2-4-14-11-10(12)6-8(13)7-15-11/h3,5-7H,2,4H2,1H3,(H,14,15). The van der Waals surface area contributed by atoms with Gasteiger partial charge in [0.15, 0.2) is 0 Å². The van der Waals surface area contributed by atoms with Crippen LogP contribution in [0.5, 0.6) is 0 Å². The van der Waals surface area contributed by atoms with Crippen molar-refractivity contribution in [3.05, 3.63) is 39.7 Å². The van der Waals surface area contributed by atoms with Crippen molar-refractivity contribution in [1.82, 2.24) is 14.8 Å². The van der Waals surface area contributed by atoms with Crippen molar-refractivity contribution < 1.29 is 0 Å². The third-order valence-electron chi connectivity index (χ3n) is 2.40. The van der Waals surface area contributed by atoms with E-state index in [0.717, 1.165) is 23.3 Å². The average molecular weight is 316 g/mol. The maximum Gasteiger partial charge on any atom is 0.140 e. The molecule has 2 heterocycles. The molecule has 0 aliphatic rings. The van der Waals surface area contributed by atoms with Gasteiger partial charge >= 0.3 is 0 Å². The van der Waals surface area contributed by atoms with Gasteiger partial charge in [0.1, 0.15) is 5.82 Å². The fourth-order valence-corrected chi connectivity index (χ4v) is 2.28. The molecule has 4 nitrogen and oxygen atoms in total. The molecule has 2 aromatic heterocycles. The molecule has 17 heavy (non-hydrogen) atoms. The number of halogens is 2. The second kappa shape index (κ2) is 5.51. The van der Waals surface area contributed by atoms with Gasteiger partial charge in [-0.15, -0.1) is 0 Å². The molecule has 0 fully saturated rings. The van der Waals surface area contributed by atoms with Crippen LogP contribution in [-0.2, 0) is 13.5 Å². The first-order valence-electron chi connectivity index (χ1n) is 5.18. The fourth-order valence-electron chi connectivity index (χ4n) is 1.50. The summed E-state index contributed by atoms with van der Waals surface area (Å²) in [5, 5.41) is 7.99. The van der Waals surface area contributed by atoms with Gasteiger partial charge in [-0.3, -0.25) is 4.68 Å². The molecule has 1 N–H and O–H groups in total. The van der Waals surface area contributed by atoms with E-state index >= 15 is 0 Å². The molecule has 0 radical (unpaired) electrons. The number of nitrogens with one attached hydrogen (secondary N) is 1. The highest BCUT2D eigenvalue weighted by Gasteiger charge is 2.03. The Bertz CT molecular complexity index is 512. The van der Waals surface area contributed by atoms with E-state index in [2.05, 4.69) is 31.3 Å². The van der Waals surface area contributed by atoms with Crippen molar-refractivity contribution >= 4 is 33.3 Å². The molecule has 0 atom stereocenters. The SMILES string of the molecule is Cn1nccc1CCNc1ncc(Cl)cc1Br. The number of aromatic nitrogens is 3. The van der Waals surface area contributed by atoms with E-state index in [-0.39, 0.29) is 0 Å². The van der Waals surface area contributed by atoms with Crippen LogP contribution in [0.1, 0.15) is 5.69 Å². The Balaban J connectivity index is 1.92. The predicted octanol–water partition coefficient (Wildman–Crippen LogP) is 2.89. The van der Waals surface area contributed by atoms with Crippen molar-refractivity contribution in [2.24, 2.45) is 7.05 Å². The van der Waals surface area contributed by atoms with Crippen LogP contribution in [0.2, 0.25) is 5.02 Å². The maximum atomic E-state index is 5.82. The highest BCUT2D eigenvalue weighted by molar-refractivity contribution is 9.10. The number of hydrogen-bond donors (Lipinski definition) is 1. The van der Waals surface area contributed by atoms with Gasteiger partial charge in [-0.2, -0.15) is 5.10 Å². The topological polar surface area (TPSA) is 42.7 Å². The molecule has 2 rings (SSSR count). The van der Waals surface area contributed by atoms with Crippen molar-refractivity contribution in [1.29, 1.82) is 0 Å². The van der Waals surface area contributed by atoms with Gasteiger partial charge in [-0.25, -0.2) is 4.98 Å². The molecule has 6 heteroatoms. The van der Waals surface area contributed by atoms with Gasteiger partial charge in [0, 0.05) is 38.1 Å². The molecule has 0 saturated heterocycles. The second-order valence-electron chi connectivity index (χ2n) is 3.61. The van der Waals surface area contributed by atoms with E-state index in [1.54, 1.807) is 12.4 Å². The van der Waals surface area contributed by atoms with Crippen LogP contribution in [0.3, 0.4) is 0 Å². The lowest BCUT2D eigenvalue weighted by Crippen LogP contribution is -2.09. The number of hydrogen-bond acceptors (Lipinski definition) is 3. The lowest BCUT2D eigenvalue weighted by atomic mass is 10.3. The van der Waals surface area contributed by atoms with Crippen molar-refractivity contribution in [3.63, 3.8) is 0 Å². The molecular weight excluding hydrogens is 304 g/mol. The molecule has 0 aliphatic carbocycles. The first-order chi connectivity index (χ1) is 8.16. The highest BCUT2D eigenvalue weighted by Crippen LogP contribution is 2.22. The van der Waals surface area contributed by atoms with Crippen LogP contribution in [0, 0.1) is 0 Å². The lowest BCUT2D eigenvalue weighted by Gasteiger charge is -2.07. The number of pyridine rings is 1. The Morgan fingerprint density at radius 2 is 2.35 bits per heavy atom. The zero-order valence-electron chi connectivity index (χ0n) is 9.32. The third-order valence-corrected chi connectivity index (χ3v) is 3.22. The van der Waals surface area contributed by atoms with E-state index in [0.29, 0.717) is 5.02 Å². The molecule has 90 valence electrons. The smallest absolute Gasteiger partial charge is 0.140 e. The zero-order chi connectivity index (χ0) is 12.3. The first-order valence-corrected chi connectivity index (χ1v) is 6.35. The number of rotatable bonds is 4. The van der Waals surface area contributed by atoms with Gasteiger partial charge in [0.25, 0.3) is 0 Å². The Hall–Kier alpha value is -1.07. The van der Waals surface area contributed by atoms with Crippen LogP contribution < -0.4 is 5.32 Å². The van der Waals surface area contributed by atoms with E-state index in [9.17, 15) is 0 Å². The van der Waals surface area contributed by atoms with Crippen LogP contribution in [0.25, 0.3) is 0 Å². The van der Waals surface area contributed by atoms with Crippen molar-refractivity contribution in [2.45, 2.75) is 6.42 Å². The molecule has 2 aromatic rings. The zero-order valence-corrected chi connectivity index (χ0v) is 11.7. The van der Waals surface area contributed by atoms with Gasteiger partial charge in [0.05, 0.1) is 9.50 Å². The Kier molecular flexibility index (Phi) is 4.02. The molecular formula is C11H12BrClN4. The minimum Gasteiger partial charge on any atom is -0.369 e.